The standard InChI is InChI=1S/C18H22N4O3S2/c1-2-3-6-21-27(23,24)18-10-16(12-26-18)25-15-4-5-17(14(9-15)11-19)22-8-7-20-13-22/h4-5,7-10,12-13,21H,2-3,6,11,19H2,1H3. The summed E-state index contributed by atoms with van der Waals surface area (Å²) in [5, 5.41) is 1.68. The van der Waals surface area contributed by atoms with E-state index in [4.69, 9.17) is 10.5 Å². The molecule has 0 radical (unpaired) electrons. The molecule has 144 valence electrons. The number of benzene rings is 1. The Kier molecular flexibility index (Phi) is 6.27. The summed E-state index contributed by atoms with van der Waals surface area (Å²) in [6, 6.07) is 7.10. The van der Waals surface area contributed by atoms with Crippen LogP contribution in [0.1, 0.15) is 25.3 Å². The summed E-state index contributed by atoms with van der Waals surface area (Å²) in [4.78, 5) is 4.05. The number of imidazole rings is 1. The van der Waals surface area contributed by atoms with Gasteiger partial charge in [0.05, 0.1) is 12.0 Å². The van der Waals surface area contributed by atoms with Gasteiger partial charge in [0.15, 0.2) is 0 Å². The van der Waals surface area contributed by atoms with Gasteiger partial charge in [-0.2, -0.15) is 0 Å². The number of nitrogens with zero attached hydrogens (tertiary/aromatic N) is 2. The maximum atomic E-state index is 12.3. The molecule has 7 nitrogen and oxygen atoms in total. The fourth-order valence-corrected chi connectivity index (χ4v) is 4.71. The van der Waals surface area contributed by atoms with E-state index in [-0.39, 0.29) is 4.21 Å². The summed E-state index contributed by atoms with van der Waals surface area (Å²) in [7, 11) is -3.49. The predicted octanol–water partition coefficient (Wildman–Crippen LogP) is 3.26. The van der Waals surface area contributed by atoms with Crippen LogP contribution in [0.2, 0.25) is 0 Å². The number of aromatic nitrogens is 2. The Morgan fingerprint density at radius 3 is 2.85 bits per heavy atom. The molecule has 3 aromatic rings. The highest BCUT2D eigenvalue weighted by molar-refractivity contribution is 7.91. The number of hydrogen-bond donors (Lipinski definition) is 2. The zero-order valence-corrected chi connectivity index (χ0v) is 16.6. The van der Waals surface area contributed by atoms with Crippen molar-refractivity contribution in [3.63, 3.8) is 0 Å². The van der Waals surface area contributed by atoms with Gasteiger partial charge in [0.25, 0.3) is 0 Å². The minimum Gasteiger partial charge on any atom is -0.456 e. The van der Waals surface area contributed by atoms with Gasteiger partial charge in [-0.1, -0.05) is 13.3 Å². The van der Waals surface area contributed by atoms with Gasteiger partial charge in [0.1, 0.15) is 15.7 Å². The molecule has 0 atom stereocenters. The molecule has 0 fully saturated rings. The number of ether oxygens (including phenoxy) is 1. The van der Waals surface area contributed by atoms with Crippen molar-refractivity contribution in [2.75, 3.05) is 6.54 Å². The van der Waals surface area contributed by atoms with E-state index in [1.54, 1.807) is 17.9 Å². The van der Waals surface area contributed by atoms with Crippen LogP contribution in [-0.2, 0) is 16.6 Å². The van der Waals surface area contributed by atoms with E-state index in [0.717, 1.165) is 35.4 Å². The van der Waals surface area contributed by atoms with Crippen molar-refractivity contribution in [2.45, 2.75) is 30.5 Å². The van der Waals surface area contributed by atoms with Crippen LogP contribution in [0.25, 0.3) is 5.69 Å². The lowest BCUT2D eigenvalue weighted by Gasteiger charge is -2.11. The smallest absolute Gasteiger partial charge is 0.250 e. The molecule has 3 N–H and O–H groups in total. The normalized spacial score (nSPS) is 11.6. The number of hydrogen-bond acceptors (Lipinski definition) is 6. The van der Waals surface area contributed by atoms with E-state index in [9.17, 15) is 8.42 Å². The summed E-state index contributed by atoms with van der Waals surface area (Å²) in [6.07, 6.45) is 6.98. The first-order chi connectivity index (χ1) is 13.0. The third-order valence-corrected chi connectivity index (χ3v) is 6.81. The lowest BCUT2D eigenvalue weighted by atomic mass is 10.1. The number of sulfonamides is 1. The molecule has 1 aromatic carbocycles. The van der Waals surface area contributed by atoms with Gasteiger partial charge in [0, 0.05) is 36.9 Å². The predicted molar refractivity (Wildman–Crippen MR) is 106 cm³/mol. The molecule has 0 amide bonds. The third kappa shape index (κ3) is 4.75. The van der Waals surface area contributed by atoms with Crippen LogP contribution >= 0.6 is 11.3 Å². The first-order valence-corrected chi connectivity index (χ1v) is 11.0. The Hall–Kier alpha value is -2.20. The largest absolute Gasteiger partial charge is 0.456 e. The lowest BCUT2D eigenvalue weighted by Crippen LogP contribution is -2.23. The van der Waals surface area contributed by atoms with Crippen LogP contribution < -0.4 is 15.2 Å². The minimum absolute atomic E-state index is 0.239. The topological polar surface area (TPSA) is 99.2 Å². The summed E-state index contributed by atoms with van der Waals surface area (Å²) < 4.78 is 35.1. The van der Waals surface area contributed by atoms with Crippen molar-refractivity contribution in [1.29, 1.82) is 0 Å². The molecular weight excluding hydrogens is 384 g/mol. The zero-order valence-electron chi connectivity index (χ0n) is 15.0. The van der Waals surface area contributed by atoms with E-state index < -0.39 is 10.0 Å². The van der Waals surface area contributed by atoms with Gasteiger partial charge in [-0.05, 0) is 30.2 Å². The molecular formula is C18H22N4O3S2. The Balaban J connectivity index is 1.75. The summed E-state index contributed by atoms with van der Waals surface area (Å²) >= 11 is 1.13. The Morgan fingerprint density at radius 2 is 2.15 bits per heavy atom. The molecule has 0 aliphatic heterocycles. The van der Waals surface area contributed by atoms with E-state index >= 15 is 0 Å². The van der Waals surface area contributed by atoms with Crippen LogP contribution in [0.15, 0.2) is 52.6 Å². The summed E-state index contributed by atoms with van der Waals surface area (Å²) in [5.74, 6) is 1.08. The average molecular weight is 407 g/mol. The number of rotatable bonds is 9. The Bertz CT molecular complexity index is 982. The van der Waals surface area contributed by atoms with E-state index in [2.05, 4.69) is 9.71 Å². The molecule has 0 unspecified atom stereocenters. The van der Waals surface area contributed by atoms with Crippen molar-refractivity contribution < 1.29 is 13.2 Å². The second kappa shape index (κ2) is 8.66. The molecule has 2 heterocycles. The van der Waals surface area contributed by atoms with Gasteiger partial charge in [-0.3, -0.25) is 0 Å². The van der Waals surface area contributed by atoms with Crippen LogP contribution in [0.5, 0.6) is 11.5 Å². The van der Waals surface area contributed by atoms with Gasteiger partial charge < -0.3 is 15.0 Å². The fourth-order valence-electron chi connectivity index (χ4n) is 2.53. The van der Waals surface area contributed by atoms with E-state index in [1.807, 2.05) is 35.9 Å². The molecule has 3 rings (SSSR count). The fraction of sp³-hybridized carbons (Fsp3) is 0.278. The van der Waals surface area contributed by atoms with Crippen molar-refractivity contribution in [3.8, 4) is 17.2 Å². The Morgan fingerprint density at radius 1 is 1.30 bits per heavy atom. The second-order valence-corrected chi connectivity index (χ2v) is 8.82. The number of nitrogens with two attached hydrogens (primary N) is 1. The number of unbranched alkanes of at least 4 members (excludes halogenated alkanes) is 1. The SMILES string of the molecule is CCCCNS(=O)(=O)c1cc(Oc2ccc(-n3ccnc3)c(CN)c2)cs1. The highest BCUT2D eigenvalue weighted by atomic mass is 32.2. The highest BCUT2D eigenvalue weighted by Gasteiger charge is 2.17. The van der Waals surface area contributed by atoms with Crippen LogP contribution in [0.4, 0.5) is 0 Å². The van der Waals surface area contributed by atoms with Gasteiger partial charge in [-0.15, -0.1) is 11.3 Å². The molecule has 0 spiro atoms. The number of nitrogens with one attached hydrogen (secondary N) is 1. The monoisotopic (exact) mass is 406 g/mol. The van der Waals surface area contributed by atoms with Crippen LogP contribution in [0, 0.1) is 0 Å². The quantitative estimate of drug-likeness (QED) is 0.531. The van der Waals surface area contributed by atoms with Crippen molar-refractivity contribution in [2.24, 2.45) is 5.73 Å². The number of thiophene rings is 1. The molecule has 0 saturated carbocycles. The molecule has 0 aliphatic carbocycles. The van der Waals surface area contributed by atoms with E-state index in [1.165, 1.54) is 6.07 Å². The first kappa shape index (κ1) is 19.6. The third-order valence-electron chi connectivity index (χ3n) is 3.93. The van der Waals surface area contributed by atoms with E-state index in [0.29, 0.717) is 24.6 Å². The second-order valence-electron chi connectivity index (χ2n) is 5.92. The maximum Gasteiger partial charge on any atom is 0.250 e. The van der Waals surface area contributed by atoms with Crippen molar-refractivity contribution in [3.05, 3.63) is 53.9 Å². The van der Waals surface area contributed by atoms with Gasteiger partial charge >= 0.3 is 0 Å². The summed E-state index contributed by atoms with van der Waals surface area (Å²) in [5.41, 5.74) is 7.69. The summed E-state index contributed by atoms with van der Waals surface area (Å²) in [6.45, 7) is 2.79. The van der Waals surface area contributed by atoms with Crippen molar-refractivity contribution in [1.82, 2.24) is 14.3 Å². The van der Waals surface area contributed by atoms with Gasteiger partial charge in [-0.25, -0.2) is 18.1 Å². The minimum atomic E-state index is -3.49. The molecule has 2 aromatic heterocycles. The van der Waals surface area contributed by atoms with Gasteiger partial charge in [0.2, 0.25) is 10.0 Å². The molecule has 27 heavy (non-hydrogen) atoms. The highest BCUT2D eigenvalue weighted by Crippen LogP contribution is 2.31. The zero-order chi connectivity index (χ0) is 19.3. The Labute approximate surface area is 162 Å². The molecule has 0 saturated heterocycles. The lowest BCUT2D eigenvalue weighted by molar-refractivity contribution is 0.483. The van der Waals surface area contributed by atoms with Crippen LogP contribution in [-0.4, -0.2) is 24.5 Å². The van der Waals surface area contributed by atoms with Crippen LogP contribution in [0.3, 0.4) is 0 Å². The van der Waals surface area contributed by atoms with Crippen molar-refractivity contribution >= 4 is 21.4 Å². The molecule has 0 bridgehead atoms. The molecule has 9 heteroatoms. The molecule has 0 aliphatic rings. The first-order valence-electron chi connectivity index (χ1n) is 8.61. The maximum absolute atomic E-state index is 12.3. The average Bonchev–Trinajstić information content (AvgIpc) is 3.34.